The molecule has 1 unspecified atom stereocenters. The van der Waals surface area contributed by atoms with Crippen LogP contribution in [0.5, 0.6) is 0 Å². The molecule has 0 aromatic heterocycles. The van der Waals surface area contributed by atoms with E-state index in [0.717, 1.165) is 42.2 Å². The number of nitrogens with one attached hydrogen (secondary N) is 1. The number of anilines is 1. The molecule has 2 fully saturated rings. The highest BCUT2D eigenvalue weighted by Gasteiger charge is 2.29. The number of aryl methyl sites for hydroxylation is 1. The summed E-state index contributed by atoms with van der Waals surface area (Å²) in [5.74, 6) is 0.867. The average molecular weight is 438 g/mol. The molecule has 4 rings (SSSR count). The minimum Gasteiger partial charge on any atom is -0.338 e. The number of hydrogen-bond donors (Lipinski definition) is 1. The summed E-state index contributed by atoms with van der Waals surface area (Å²) in [4.78, 5) is 31.0. The first-order valence-corrected chi connectivity index (χ1v) is 12.2. The van der Waals surface area contributed by atoms with Gasteiger partial charge in [0.2, 0.25) is 5.91 Å². The van der Waals surface area contributed by atoms with E-state index in [-0.39, 0.29) is 17.6 Å². The molecule has 2 heterocycles. The molecule has 31 heavy (non-hydrogen) atoms. The van der Waals surface area contributed by atoms with E-state index in [1.54, 1.807) is 0 Å². The van der Waals surface area contributed by atoms with Gasteiger partial charge in [0.1, 0.15) is 0 Å². The largest absolute Gasteiger partial charge is 0.338 e. The van der Waals surface area contributed by atoms with E-state index >= 15 is 0 Å². The van der Waals surface area contributed by atoms with Crippen LogP contribution in [0.4, 0.5) is 5.69 Å². The molecule has 2 aliphatic rings. The van der Waals surface area contributed by atoms with Crippen LogP contribution in [-0.2, 0) is 4.79 Å². The van der Waals surface area contributed by atoms with Crippen molar-refractivity contribution in [2.75, 3.05) is 43.8 Å². The minimum absolute atomic E-state index is 0.0667. The number of likely N-dealkylation sites (tertiary alicyclic amines) is 2. The van der Waals surface area contributed by atoms with Gasteiger partial charge in [-0.05, 0) is 69.5 Å². The molecule has 0 saturated carbocycles. The zero-order valence-corrected chi connectivity index (χ0v) is 19.0. The SMILES string of the molecule is Cc1ccc(NC(=O)CSc2ccccc2C(=O)N2CCC(CN3CCCC3)C2)cc1. The van der Waals surface area contributed by atoms with Gasteiger partial charge in [-0.25, -0.2) is 0 Å². The third-order valence-electron chi connectivity index (χ3n) is 6.10. The molecule has 2 amide bonds. The Hall–Kier alpha value is -2.31. The first-order valence-electron chi connectivity index (χ1n) is 11.2. The molecular weight excluding hydrogens is 406 g/mol. The van der Waals surface area contributed by atoms with E-state index in [0.29, 0.717) is 11.5 Å². The van der Waals surface area contributed by atoms with E-state index in [9.17, 15) is 9.59 Å². The van der Waals surface area contributed by atoms with Crippen molar-refractivity contribution in [2.24, 2.45) is 5.92 Å². The number of hydrogen-bond acceptors (Lipinski definition) is 4. The fourth-order valence-corrected chi connectivity index (χ4v) is 5.26. The maximum Gasteiger partial charge on any atom is 0.254 e. The van der Waals surface area contributed by atoms with E-state index in [4.69, 9.17) is 0 Å². The first-order chi connectivity index (χ1) is 15.1. The lowest BCUT2D eigenvalue weighted by Gasteiger charge is -2.21. The molecule has 0 radical (unpaired) electrons. The Balaban J connectivity index is 1.32. The molecular formula is C25H31N3O2S. The first kappa shape index (κ1) is 21.9. The van der Waals surface area contributed by atoms with Crippen LogP contribution in [0.1, 0.15) is 35.2 Å². The van der Waals surface area contributed by atoms with E-state index in [2.05, 4.69) is 10.2 Å². The van der Waals surface area contributed by atoms with Crippen molar-refractivity contribution < 1.29 is 9.59 Å². The predicted molar refractivity (Wildman–Crippen MR) is 127 cm³/mol. The number of amides is 2. The van der Waals surface area contributed by atoms with Crippen LogP contribution in [0.15, 0.2) is 53.4 Å². The van der Waals surface area contributed by atoms with Gasteiger partial charge in [-0.3, -0.25) is 9.59 Å². The van der Waals surface area contributed by atoms with E-state index in [1.807, 2.05) is 60.4 Å². The third-order valence-corrected chi connectivity index (χ3v) is 7.17. The molecule has 2 aromatic carbocycles. The number of rotatable bonds is 7. The van der Waals surface area contributed by atoms with Gasteiger partial charge in [0, 0.05) is 30.2 Å². The highest BCUT2D eigenvalue weighted by molar-refractivity contribution is 8.00. The summed E-state index contributed by atoms with van der Waals surface area (Å²) in [7, 11) is 0. The Bertz CT molecular complexity index is 909. The van der Waals surface area contributed by atoms with Gasteiger partial charge in [-0.1, -0.05) is 29.8 Å². The Morgan fingerprint density at radius 3 is 2.55 bits per heavy atom. The predicted octanol–water partition coefficient (Wildman–Crippen LogP) is 4.28. The van der Waals surface area contributed by atoms with Crippen molar-refractivity contribution in [3.05, 3.63) is 59.7 Å². The molecule has 1 atom stereocenters. The number of carbonyl (C=O) groups excluding carboxylic acids is 2. The summed E-state index contributed by atoms with van der Waals surface area (Å²) in [5.41, 5.74) is 2.66. The summed E-state index contributed by atoms with van der Waals surface area (Å²) >= 11 is 1.42. The van der Waals surface area contributed by atoms with Gasteiger partial charge < -0.3 is 15.1 Å². The van der Waals surface area contributed by atoms with E-state index < -0.39 is 0 Å². The highest BCUT2D eigenvalue weighted by atomic mass is 32.2. The maximum absolute atomic E-state index is 13.2. The van der Waals surface area contributed by atoms with Gasteiger partial charge in [0.05, 0.1) is 11.3 Å². The van der Waals surface area contributed by atoms with Crippen LogP contribution in [0.2, 0.25) is 0 Å². The molecule has 2 saturated heterocycles. The lowest BCUT2D eigenvalue weighted by Crippen LogP contribution is -2.32. The Morgan fingerprint density at radius 1 is 1.03 bits per heavy atom. The second kappa shape index (κ2) is 10.3. The van der Waals surface area contributed by atoms with E-state index in [1.165, 1.54) is 37.7 Å². The molecule has 0 aliphatic carbocycles. The fourth-order valence-electron chi connectivity index (χ4n) is 4.41. The number of thioether (sulfide) groups is 1. The Labute approximate surface area is 189 Å². The van der Waals surface area contributed by atoms with Crippen LogP contribution in [0, 0.1) is 12.8 Å². The topological polar surface area (TPSA) is 52.7 Å². The van der Waals surface area contributed by atoms with Crippen LogP contribution in [-0.4, -0.2) is 60.1 Å². The quantitative estimate of drug-likeness (QED) is 0.657. The summed E-state index contributed by atoms with van der Waals surface area (Å²) in [6.45, 7) is 7.19. The van der Waals surface area contributed by atoms with Crippen molar-refractivity contribution in [2.45, 2.75) is 31.1 Å². The summed E-state index contributed by atoms with van der Waals surface area (Å²) in [6, 6.07) is 15.4. The molecule has 1 N–H and O–H groups in total. The standard InChI is InChI=1S/C25H31N3O2S/c1-19-8-10-21(11-9-19)26-24(29)18-31-23-7-3-2-6-22(23)25(30)28-15-12-20(17-28)16-27-13-4-5-14-27/h2-3,6-11,20H,4-5,12-18H2,1H3,(H,26,29). The molecule has 5 nitrogen and oxygen atoms in total. The number of benzene rings is 2. The second-order valence-corrected chi connectivity index (χ2v) is 9.63. The smallest absolute Gasteiger partial charge is 0.254 e. The minimum atomic E-state index is -0.0667. The van der Waals surface area contributed by atoms with Gasteiger partial charge in [-0.2, -0.15) is 0 Å². The maximum atomic E-state index is 13.2. The van der Waals surface area contributed by atoms with Crippen LogP contribution in [0.3, 0.4) is 0 Å². The van der Waals surface area contributed by atoms with Gasteiger partial charge in [0.25, 0.3) is 5.91 Å². The van der Waals surface area contributed by atoms with Gasteiger partial charge in [0.15, 0.2) is 0 Å². The molecule has 2 aliphatic heterocycles. The van der Waals surface area contributed by atoms with Crippen molar-refractivity contribution in [1.29, 1.82) is 0 Å². The summed E-state index contributed by atoms with van der Waals surface area (Å²) in [5, 5.41) is 2.92. The van der Waals surface area contributed by atoms with Gasteiger partial charge in [-0.15, -0.1) is 11.8 Å². The summed E-state index contributed by atoms with van der Waals surface area (Å²) in [6.07, 6.45) is 3.69. The second-order valence-electron chi connectivity index (χ2n) is 8.61. The third kappa shape index (κ3) is 5.89. The van der Waals surface area contributed by atoms with Crippen molar-refractivity contribution >= 4 is 29.3 Å². The number of carbonyl (C=O) groups is 2. The fraction of sp³-hybridized carbons (Fsp3) is 0.440. The lowest BCUT2D eigenvalue weighted by atomic mass is 10.1. The Kier molecular flexibility index (Phi) is 7.30. The molecule has 6 heteroatoms. The van der Waals surface area contributed by atoms with Crippen molar-refractivity contribution in [3.8, 4) is 0 Å². The molecule has 0 bridgehead atoms. The van der Waals surface area contributed by atoms with Crippen LogP contribution < -0.4 is 5.32 Å². The Morgan fingerprint density at radius 2 is 1.77 bits per heavy atom. The molecule has 164 valence electrons. The zero-order chi connectivity index (χ0) is 21.6. The highest BCUT2D eigenvalue weighted by Crippen LogP contribution is 2.27. The van der Waals surface area contributed by atoms with Crippen molar-refractivity contribution in [1.82, 2.24) is 9.80 Å². The molecule has 0 spiro atoms. The normalized spacial score (nSPS) is 19.0. The van der Waals surface area contributed by atoms with Crippen molar-refractivity contribution in [3.63, 3.8) is 0 Å². The van der Waals surface area contributed by atoms with Crippen LogP contribution in [0.25, 0.3) is 0 Å². The summed E-state index contributed by atoms with van der Waals surface area (Å²) < 4.78 is 0. The van der Waals surface area contributed by atoms with Crippen LogP contribution >= 0.6 is 11.8 Å². The monoisotopic (exact) mass is 437 g/mol. The average Bonchev–Trinajstić information content (AvgIpc) is 3.46. The zero-order valence-electron chi connectivity index (χ0n) is 18.2. The number of nitrogens with zero attached hydrogens (tertiary/aromatic N) is 2. The van der Waals surface area contributed by atoms with Gasteiger partial charge >= 0.3 is 0 Å². The molecule has 2 aromatic rings. The lowest BCUT2D eigenvalue weighted by molar-refractivity contribution is -0.113.